The zero-order valence-electron chi connectivity index (χ0n) is 11.1. The Morgan fingerprint density at radius 3 is 2.74 bits per heavy atom. The minimum Gasteiger partial charge on any atom is -0.348 e. The fraction of sp³-hybridized carbons (Fsp3) is 0.438. The van der Waals surface area contributed by atoms with E-state index in [2.05, 4.69) is 28.5 Å². The highest BCUT2D eigenvalue weighted by Crippen LogP contribution is 2.32. The van der Waals surface area contributed by atoms with Crippen LogP contribution in [-0.4, -0.2) is 18.1 Å². The summed E-state index contributed by atoms with van der Waals surface area (Å²) in [6.07, 6.45) is 6.44. The Balaban J connectivity index is 1.65. The van der Waals surface area contributed by atoms with Gasteiger partial charge in [-0.1, -0.05) is 12.1 Å². The lowest BCUT2D eigenvalue weighted by Gasteiger charge is -2.12. The number of hydrogen-bond donors (Lipinski definition) is 0. The second-order valence-electron chi connectivity index (χ2n) is 5.55. The van der Waals surface area contributed by atoms with Crippen molar-refractivity contribution in [3.8, 4) is 11.3 Å². The van der Waals surface area contributed by atoms with Crippen LogP contribution in [0.25, 0.3) is 11.3 Å². The summed E-state index contributed by atoms with van der Waals surface area (Å²) in [5.41, 5.74) is 5.52. The van der Waals surface area contributed by atoms with Crippen molar-refractivity contribution in [2.45, 2.75) is 32.1 Å². The number of hydrogen-bond acceptors (Lipinski definition) is 3. The number of aromatic nitrogens is 1. The van der Waals surface area contributed by atoms with Gasteiger partial charge in [-0.25, -0.2) is 4.98 Å². The SMILES string of the molecule is c1cc2c(cc1-c1csc(N3CCCC3)n1)CCC2. The molecule has 0 spiro atoms. The predicted octanol–water partition coefficient (Wildman–Crippen LogP) is 3.90. The molecule has 98 valence electrons. The van der Waals surface area contributed by atoms with Gasteiger partial charge in [0, 0.05) is 24.0 Å². The zero-order valence-corrected chi connectivity index (χ0v) is 11.9. The first-order valence-electron chi connectivity index (χ1n) is 7.23. The molecule has 1 saturated heterocycles. The lowest BCUT2D eigenvalue weighted by molar-refractivity contribution is 0.912. The molecular weight excluding hydrogens is 252 g/mol. The molecule has 4 rings (SSSR count). The molecule has 0 unspecified atom stereocenters. The van der Waals surface area contributed by atoms with Crippen molar-refractivity contribution < 1.29 is 0 Å². The van der Waals surface area contributed by atoms with Gasteiger partial charge >= 0.3 is 0 Å². The fourth-order valence-electron chi connectivity index (χ4n) is 3.18. The molecule has 0 radical (unpaired) electrons. The molecule has 0 bridgehead atoms. The Morgan fingerprint density at radius 2 is 1.84 bits per heavy atom. The lowest BCUT2D eigenvalue weighted by Crippen LogP contribution is -2.17. The number of aryl methyl sites for hydroxylation is 2. The van der Waals surface area contributed by atoms with E-state index in [0.29, 0.717) is 0 Å². The lowest BCUT2D eigenvalue weighted by atomic mass is 10.1. The first-order chi connectivity index (χ1) is 9.40. The Bertz CT molecular complexity index is 597. The second kappa shape index (κ2) is 4.64. The van der Waals surface area contributed by atoms with Crippen molar-refractivity contribution in [1.29, 1.82) is 0 Å². The maximum atomic E-state index is 4.83. The van der Waals surface area contributed by atoms with E-state index in [1.807, 2.05) is 0 Å². The van der Waals surface area contributed by atoms with Gasteiger partial charge < -0.3 is 4.90 Å². The molecule has 1 aliphatic carbocycles. The Kier molecular flexibility index (Phi) is 2.80. The average Bonchev–Trinajstić information content (AvgIpc) is 3.18. The number of nitrogens with zero attached hydrogens (tertiary/aromatic N) is 2. The molecule has 2 nitrogen and oxygen atoms in total. The third-order valence-corrected chi connectivity index (χ3v) is 5.16. The van der Waals surface area contributed by atoms with Gasteiger partial charge in [0.1, 0.15) is 0 Å². The molecule has 2 aliphatic rings. The molecule has 0 saturated carbocycles. The normalized spacial score (nSPS) is 18.0. The maximum absolute atomic E-state index is 4.83. The van der Waals surface area contributed by atoms with E-state index in [-0.39, 0.29) is 0 Å². The Labute approximate surface area is 118 Å². The van der Waals surface area contributed by atoms with Crippen LogP contribution in [0.1, 0.15) is 30.4 Å². The van der Waals surface area contributed by atoms with Crippen LogP contribution >= 0.6 is 11.3 Å². The Hall–Kier alpha value is -1.35. The van der Waals surface area contributed by atoms with Crippen LogP contribution in [0.4, 0.5) is 5.13 Å². The summed E-state index contributed by atoms with van der Waals surface area (Å²) < 4.78 is 0. The summed E-state index contributed by atoms with van der Waals surface area (Å²) in [6.45, 7) is 2.36. The third-order valence-electron chi connectivity index (χ3n) is 4.26. The minimum absolute atomic E-state index is 1.15. The van der Waals surface area contributed by atoms with Crippen LogP contribution in [0, 0.1) is 0 Å². The summed E-state index contributed by atoms with van der Waals surface area (Å²) in [6, 6.07) is 6.89. The van der Waals surface area contributed by atoms with Gasteiger partial charge in [0.15, 0.2) is 5.13 Å². The highest BCUT2D eigenvalue weighted by atomic mass is 32.1. The van der Waals surface area contributed by atoms with Gasteiger partial charge in [-0.2, -0.15) is 0 Å². The van der Waals surface area contributed by atoms with E-state index < -0.39 is 0 Å². The number of thiazole rings is 1. The highest BCUT2D eigenvalue weighted by Gasteiger charge is 2.17. The van der Waals surface area contributed by atoms with Crippen molar-refractivity contribution in [3.05, 3.63) is 34.7 Å². The van der Waals surface area contributed by atoms with E-state index >= 15 is 0 Å². The molecule has 2 heterocycles. The smallest absolute Gasteiger partial charge is 0.185 e. The fourth-order valence-corrected chi connectivity index (χ4v) is 4.07. The largest absolute Gasteiger partial charge is 0.348 e. The summed E-state index contributed by atoms with van der Waals surface area (Å²) in [4.78, 5) is 7.25. The molecule has 2 aromatic rings. The van der Waals surface area contributed by atoms with Crippen LogP contribution in [0.2, 0.25) is 0 Å². The number of benzene rings is 1. The van der Waals surface area contributed by atoms with Gasteiger partial charge in [0.25, 0.3) is 0 Å². The van der Waals surface area contributed by atoms with Crippen molar-refractivity contribution in [2.75, 3.05) is 18.0 Å². The Morgan fingerprint density at radius 1 is 1.00 bits per heavy atom. The molecule has 0 N–H and O–H groups in total. The van der Waals surface area contributed by atoms with E-state index in [9.17, 15) is 0 Å². The molecule has 19 heavy (non-hydrogen) atoms. The molecule has 3 heteroatoms. The first kappa shape index (κ1) is 11.5. The number of rotatable bonds is 2. The quantitative estimate of drug-likeness (QED) is 0.823. The van der Waals surface area contributed by atoms with E-state index in [0.717, 1.165) is 5.69 Å². The van der Waals surface area contributed by atoms with Crippen molar-refractivity contribution in [3.63, 3.8) is 0 Å². The first-order valence-corrected chi connectivity index (χ1v) is 8.11. The highest BCUT2D eigenvalue weighted by molar-refractivity contribution is 7.14. The van der Waals surface area contributed by atoms with Crippen LogP contribution in [0.3, 0.4) is 0 Å². The van der Waals surface area contributed by atoms with Crippen molar-refractivity contribution >= 4 is 16.5 Å². The van der Waals surface area contributed by atoms with Crippen LogP contribution < -0.4 is 4.90 Å². The molecule has 1 aliphatic heterocycles. The molecule has 0 atom stereocenters. The zero-order chi connectivity index (χ0) is 12.7. The van der Waals surface area contributed by atoms with Crippen molar-refractivity contribution in [1.82, 2.24) is 4.98 Å². The second-order valence-corrected chi connectivity index (χ2v) is 6.38. The summed E-state index contributed by atoms with van der Waals surface area (Å²) in [7, 11) is 0. The van der Waals surface area contributed by atoms with Crippen LogP contribution in [0.15, 0.2) is 23.6 Å². The van der Waals surface area contributed by atoms with Crippen LogP contribution in [0.5, 0.6) is 0 Å². The van der Waals surface area contributed by atoms with E-state index in [1.165, 1.54) is 61.5 Å². The average molecular weight is 270 g/mol. The van der Waals surface area contributed by atoms with Gasteiger partial charge in [-0.05, 0) is 49.3 Å². The monoisotopic (exact) mass is 270 g/mol. The van der Waals surface area contributed by atoms with Gasteiger partial charge in [0.05, 0.1) is 5.69 Å². The summed E-state index contributed by atoms with van der Waals surface area (Å²) in [5, 5.41) is 3.41. The predicted molar refractivity (Wildman–Crippen MR) is 81.0 cm³/mol. The third kappa shape index (κ3) is 2.06. The standard InChI is InChI=1S/C16H18N2S/c1-2-9-18(8-1)16-17-15(11-19-16)14-7-6-12-4-3-5-13(12)10-14/h6-7,10-11H,1-5,8-9H2. The molecule has 0 amide bonds. The van der Waals surface area contributed by atoms with Crippen molar-refractivity contribution in [2.24, 2.45) is 0 Å². The number of fused-ring (bicyclic) bond motifs is 1. The maximum Gasteiger partial charge on any atom is 0.185 e. The molecule has 1 aromatic heterocycles. The summed E-state index contributed by atoms with van der Waals surface area (Å²) >= 11 is 1.79. The summed E-state index contributed by atoms with van der Waals surface area (Å²) in [5.74, 6) is 0. The van der Waals surface area contributed by atoms with E-state index in [4.69, 9.17) is 4.98 Å². The number of anilines is 1. The van der Waals surface area contributed by atoms with Gasteiger partial charge in [0.2, 0.25) is 0 Å². The van der Waals surface area contributed by atoms with Gasteiger partial charge in [-0.3, -0.25) is 0 Å². The molecule has 1 fully saturated rings. The van der Waals surface area contributed by atoms with Crippen LogP contribution in [-0.2, 0) is 12.8 Å². The minimum atomic E-state index is 1.15. The topological polar surface area (TPSA) is 16.1 Å². The molecule has 1 aromatic carbocycles. The van der Waals surface area contributed by atoms with Gasteiger partial charge in [-0.15, -0.1) is 11.3 Å². The van der Waals surface area contributed by atoms with E-state index in [1.54, 1.807) is 16.9 Å². The molecular formula is C16H18N2S.